The van der Waals surface area contributed by atoms with Crippen molar-refractivity contribution in [1.29, 1.82) is 0 Å². The van der Waals surface area contributed by atoms with Gasteiger partial charge in [-0.05, 0) is 71.0 Å². The van der Waals surface area contributed by atoms with Crippen molar-refractivity contribution in [3.8, 4) is 5.75 Å². The first-order valence-electron chi connectivity index (χ1n) is 13.5. The van der Waals surface area contributed by atoms with E-state index in [1.807, 2.05) is 6.07 Å². The van der Waals surface area contributed by atoms with Gasteiger partial charge in [-0.15, -0.1) is 0 Å². The molecule has 1 aliphatic carbocycles. The largest absolute Gasteiger partial charge is 0.489 e. The van der Waals surface area contributed by atoms with Gasteiger partial charge in [-0.25, -0.2) is 0 Å². The predicted octanol–water partition coefficient (Wildman–Crippen LogP) is 8.72. The number of fused-ring (bicyclic) bond motifs is 2. The van der Waals surface area contributed by atoms with Gasteiger partial charge in [0.2, 0.25) is 0 Å². The summed E-state index contributed by atoms with van der Waals surface area (Å²) in [6, 6.07) is 27.7. The van der Waals surface area contributed by atoms with Gasteiger partial charge in [0.05, 0.1) is 0 Å². The lowest BCUT2D eigenvalue weighted by Crippen LogP contribution is -2.28. The number of hydrogen-bond donors (Lipinski definition) is 0. The highest BCUT2D eigenvalue weighted by atomic mass is 16.5. The molecule has 2 atom stereocenters. The zero-order chi connectivity index (χ0) is 24.7. The van der Waals surface area contributed by atoms with Crippen LogP contribution in [0.1, 0.15) is 75.3 Å². The van der Waals surface area contributed by atoms with Crippen LogP contribution in [0.5, 0.6) is 5.75 Å². The Morgan fingerprint density at radius 2 is 1.56 bits per heavy atom. The summed E-state index contributed by atoms with van der Waals surface area (Å²) in [4.78, 5) is 12.5. The molecule has 1 aliphatic rings. The molecule has 3 nitrogen and oxygen atoms in total. The molecule has 1 saturated carbocycles. The summed E-state index contributed by atoms with van der Waals surface area (Å²) in [5.74, 6) is 1.05. The Labute approximate surface area is 214 Å². The van der Waals surface area contributed by atoms with Gasteiger partial charge in [0.1, 0.15) is 18.5 Å². The quantitative estimate of drug-likeness (QED) is 0.136. The number of esters is 1. The van der Waals surface area contributed by atoms with Crippen LogP contribution < -0.4 is 4.74 Å². The highest BCUT2D eigenvalue weighted by molar-refractivity contribution is 6.02. The summed E-state index contributed by atoms with van der Waals surface area (Å²) in [5.41, 5.74) is 2.42. The molecule has 0 N–H and O–H groups in total. The molecule has 36 heavy (non-hydrogen) atoms. The molecule has 0 bridgehead atoms. The second-order valence-electron chi connectivity index (χ2n) is 10.0. The van der Waals surface area contributed by atoms with Gasteiger partial charge in [-0.2, -0.15) is 0 Å². The molecule has 0 spiro atoms. The Morgan fingerprint density at radius 1 is 0.833 bits per heavy atom. The van der Waals surface area contributed by atoms with Crippen LogP contribution in [0.3, 0.4) is 0 Å². The van der Waals surface area contributed by atoms with Gasteiger partial charge >= 0.3 is 5.97 Å². The SMILES string of the molecule is CCCCCC(=O)O[C@@H]1CCCC[C@H]1c1cccc(OCc2c3ccccc3cc3ccccc23)c1. The number of unbranched alkanes of at least 4 members (excludes halogenated alkanes) is 2. The average Bonchev–Trinajstić information content (AvgIpc) is 2.91. The topological polar surface area (TPSA) is 35.5 Å². The smallest absolute Gasteiger partial charge is 0.306 e. The third-order valence-electron chi connectivity index (χ3n) is 7.52. The first-order valence-corrected chi connectivity index (χ1v) is 13.5. The monoisotopic (exact) mass is 480 g/mol. The fraction of sp³-hybridized carbons (Fsp3) is 0.364. The molecule has 4 aromatic rings. The molecule has 186 valence electrons. The molecule has 1 fully saturated rings. The van der Waals surface area contributed by atoms with E-state index in [1.54, 1.807) is 0 Å². The predicted molar refractivity (Wildman–Crippen MR) is 147 cm³/mol. The Hall–Kier alpha value is -3.33. The lowest BCUT2D eigenvalue weighted by molar-refractivity contribution is -0.151. The molecule has 0 unspecified atom stereocenters. The molecule has 0 aliphatic heterocycles. The molecular formula is C33H36O3. The maximum absolute atomic E-state index is 12.5. The maximum Gasteiger partial charge on any atom is 0.306 e. The number of benzene rings is 4. The fourth-order valence-electron chi connectivity index (χ4n) is 5.62. The summed E-state index contributed by atoms with van der Waals surface area (Å²) in [5, 5.41) is 4.92. The molecular weight excluding hydrogens is 444 g/mol. The molecule has 0 radical (unpaired) electrons. The van der Waals surface area contributed by atoms with E-state index in [0.29, 0.717) is 13.0 Å². The third kappa shape index (κ3) is 5.56. The molecule has 0 amide bonds. The summed E-state index contributed by atoms with van der Waals surface area (Å²) >= 11 is 0. The van der Waals surface area contributed by atoms with Gasteiger partial charge in [0, 0.05) is 17.9 Å². The van der Waals surface area contributed by atoms with Crippen LogP contribution in [0.25, 0.3) is 21.5 Å². The minimum atomic E-state index is -0.0458. The van der Waals surface area contributed by atoms with E-state index in [0.717, 1.165) is 44.3 Å². The first-order chi connectivity index (χ1) is 17.7. The van der Waals surface area contributed by atoms with Crippen molar-refractivity contribution in [3.05, 3.63) is 90.0 Å². The molecule has 0 aromatic heterocycles. The lowest BCUT2D eigenvalue weighted by atomic mass is 9.81. The van der Waals surface area contributed by atoms with E-state index >= 15 is 0 Å². The van der Waals surface area contributed by atoms with Crippen LogP contribution in [0, 0.1) is 0 Å². The van der Waals surface area contributed by atoms with E-state index in [4.69, 9.17) is 9.47 Å². The minimum absolute atomic E-state index is 0.0369. The van der Waals surface area contributed by atoms with Crippen LogP contribution in [-0.2, 0) is 16.1 Å². The van der Waals surface area contributed by atoms with Gasteiger partial charge in [0.15, 0.2) is 0 Å². The van der Waals surface area contributed by atoms with Crippen LogP contribution in [-0.4, -0.2) is 12.1 Å². The van der Waals surface area contributed by atoms with Crippen LogP contribution in [0.4, 0.5) is 0 Å². The van der Waals surface area contributed by atoms with Crippen molar-refractivity contribution in [2.24, 2.45) is 0 Å². The standard InChI is InChI=1S/C33H36O3/c1-2-3-4-20-33(34)36-32-19-10-9-18-30(32)26-14-11-15-27(22-26)35-23-31-28-16-7-5-12-24(28)21-25-13-6-8-17-29(25)31/h5-8,11-17,21-22,30,32H,2-4,9-10,18-20,23H2,1H3/t30-,32+/m0/s1. The van der Waals surface area contributed by atoms with Crippen molar-refractivity contribution in [2.75, 3.05) is 0 Å². The zero-order valence-electron chi connectivity index (χ0n) is 21.2. The van der Waals surface area contributed by atoms with Gasteiger partial charge in [0.25, 0.3) is 0 Å². The van der Waals surface area contributed by atoms with Gasteiger partial charge in [-0.3, -0.25) is 4.79 Å². The zero-order valence-corrected chi connectivity index (χ0v) is 21.2. The second kappa shape index (κ2) is 11.6. The number of carbonyl (C=O) groups is 1. The molecule has 0 saturated heterocycles. The van der Waals surface area contributed by atoms with Crippen molar-refractivity contribution >= 4 is 27.5 Å². The first kappa shape index (κ1) is 24.4. The highest BCUT2D eigenvalue weighted by Gasteiger charge is 2.29. The Balaban J connectivity index is 1.34. The Kier molecular flexibility index (Phi) is 7.85. The summed E-state index contributed by atoms with van der Waals surface area (Å²) in [6.45, 7) is 2.66. The maximum atomic E-state index is 12.5. The normalized spacial score (nSPS) is 17.8. The molecule has 3 heteroatoms. The third-order valence-corrected chi connectivity index (χ3v) is 7.52. The highest BCUT2D eigenvalue weighted by Crippen LogP contribution is 2.37. The van der Waals surface area contributed by atoms with E-state index in [2.05, 4.69) is 79.7 Å². The van der Waals surface area contributed by atoms with Crippen molar-refractivity contribution in [3.63, 3.8) is 0 Å². The second-order valence-corrected chi connectivity index (χ2v) is 10.0. The van der Waals surface area contributed by atoms with Gasteiger partial charge in [-0.1, -0.05) is 86.8 Å². The summed E-state index contributed by atoms with van der Waals surface area (Å²) in [6.07, 6.45) is 7.87. The van der Waals surface area contributed by atoms with Crippen LogP contribution in [0.2, 0.25) is 0 Å². The molecule has 5 rings (SSSR count). The summed E-state index contributed by atoms with van der Waals surface area (Å²) in [7, 11) is 0. The van der Waals surface area contributed by atoms with Crippen molar-refractivity contribution in [1.82, 2.24) is 0 Å². The van der Waals surface area contributed by atoms with Crippen molar-refractivity contribution in [2.45, 2.75) is 76.9 Å². The minimum Gasteiger partial charge on any atom is -0.489 e. The van der Waals surface area contributed by atoms with E-state index < -0.39 is 0 Å². The van der Waals surface area contributed by atoms with E-state index in [1.165, 1.54) is 39.1 Å². The lowest BCUT2D eigenvalue weighted by Gasteiger charge is -2.31. The number of hydrogen-bond acceptors (Lipinski definition) is 3. The Bertz CT molecular complexity index is 1270. The van der Waals surface area contributed by atoms with Crippen LogP contribution >= 0.6 is 0 Å². The van der Waals surface area contributed by atoms with Crippen molar-refractivity contribution < 1.29 is 14.3 Å². The summed E-state index contributed by atoms with van der Waals surface area (Å²) < 4.78 is 12.4. The number of rotatable bonds is 9. The molecule has 4 aromatic carbocycles. The van der Waals surface area contributed by atoms with Crippen LogP contribution in [0.15, 0.2) is 78.9 Å². The Morgan fingerprint density at radius 3 is 2.31 bits per heavy atom. The van der Waals surface area contributed by atoms with E-state index in [-0.39, 0.29) is 18.0 Å². The number of ether oxygens (including phenoxy) is 2. The van der Waals surface area contributed by atoms with Gasteiger partial charge < -0.3 is 9.47 Å². The molecule has 0 heterocycles. The number of carbonyl (C=O) groups excluding carboxylic acids is 1. The van der Waals surface area contributed by atoms with E-state index in [9.17, 15) is 4.79 Å². The average molecular weight is 481 g/mol. The fourth-order valence-corrected chi connectivity index (χ4v) is 5.62.